The van der Waals surface area contributed by atoms with Crippen molar-refractivity contribution in [3.05, 3.63) is 65.5 Å². The highest BCUT2D eigenvalue weighted by Crippen LogP contribution is 2.39. The second-order valence-corrected chi connectivity index (χ2v) is 6.80. The topological polar surface area (TPSA) is 18.5 Å². The summed E-state index contributed by atoms with van der Waals surface area (Å²) in [6.45, 7) is 0. The Labute approximate surface area is 150 Å². The Hall–Kier alpha value is -1.87. The molecule has 2 aromatic carbocycles. The Morgan fingerprint density at radius 1 is 1.04 bits per heavy atom. The van der Waals surface area contributed by atoms with Gasteiger partial charge in [0.25, 0.3) is 0 Å². The van der Waals surface area contributed by atoms with Gasteiger partial charge in [-0.1, -0.05) is 43.2 Å². The van der Waals surface area contributed by atoms with Crippen molar-refractivity contribution in [1.82, 2.24) is 0 Å². The van der Waals surface area contributed by atoms with E-state index in [1.807, 2.05) is 0 Å². The molecule has 0 bridgehead atoms. The third kappa shape index (κ3) is 5.05. The maximum Gasteiger partial charge on any atom is 0.124 e. The van der Waals surface area contributed by atoms with Gasteiger partial charge in [0.05, 0.1) is 19.3 Å². The van der Waals surface area contributed by atoms with Crippen LogP contribution in [-0.4, -0.2) is 13.2 Å². The molecule has 3 heteroatoms. The standard InChI is InChI=1S/C22H27FO2/c1-24-21-14-12-18(23)16-20(21)22-15-13-19(25-22)11-7-3-6-10-17-8-4-2-5-9-17/h2,4-5,8-9,12,14,16,19,22H,3,6-7,10-11,13,15H2,1H3/t19-,22?/m0/s1. The van der Waals surface area contributed by atoms with E-state index >= 15 is 0 Å². The van der Waals surface area contributed by atoms with Gasteiger partial charge in [0.15, 0.2) is 0 Å². The van der Waals surface area contributed by atoms with Gasteiger partial charge in [-0.3, -0.25) is 0 Å². The van der Waals surface area contributed by atoms with Gasteiger partial charge in [0, 0.05) is 5.56 Å². The second-order valence-electron chi connectivity index (χ2n) is 6.80. The second kappa shape index (κ2) is 9.00. The quantitative estimate of drug-likeness (QED) is 0.560. The monoisotopic (exact) mass is 342 g/mol. The number of aryl methyl sites for hydroxylation is 1. The minimum Gasteiger partial charge on any atom is -0.496 e. The van der Waals surface area contributed by atoms with E-state index < -0.39 is 0 Å². The fourth-order valence-electron chi connectivity index (χ4n) is 3.63. The number of rotatable bonds is 8. The fourth-order valence-corrected chi connectivity index (χ4v) is 3.63. The maximum atomic E-state index is 13.6. The van der Waals surface area contributed by atoms with E-state index in [-0.39, 0.29) is 18.0 Å². The first-order chi connectivity index (χ1) is 12.3. The molecule has 1 aliphatic heterocycles. The molecule has 1 heterocycles. The van der Waals surface area contributed by atoms with E-state index in [0.717, 1.165) is 37.0 Å². The van der Waals surface area contributed by atoms with Gasteiger partial charge >= 0.3 is 0 Å². The van der Waals surface area contributed by atoms with Gasteiger partial charge in [-0.05, 0) is 55.9 Å². The number of ether oxygens (including phenoxy) is 2. The summed E-state index contributed by atoms with van der Waals surface area (Å²) >= 11 is 0. The van der Waals surface area contributed by atoms with Crippen LogP contribution in [0, 0.1) is 5.82 Å². The predicted octanol–water partition coefficient (Wildman–Crippen LogP) is 5.86. The molecule has 0 aliphatic carbocycles. The van der Waals surface area contributed by atoms with Crippen molar-refractivity contribution in [2.75, 3.05) is 7.11 Å². The Balaban J connectivity index is 1.40. The SMILES string of the molecule is COc1ccc(F)cc1C1CC[C@H](CCCCCc2ccccc2)O1. The summed E-state index contributed by atoms with van der Waals surface area (Å²) in [4.78, 5) is 0. The summed E-state index contributed by atoms with van der Waals surface area (Å²) in [5, 5.41) is 0. The number of hydrogen-bond donors (Lipinski definition) is 0. The molecule has 3 rings (SSSR count). The zero-order chi connectivity index (χ0) is 17.5. The molecule has 0 radical (unpaired) electrons. The molecule has 134 valence electrons. The normalized spacial score (nSPS) is 19.9. The predicted molar refractivity (Wildman–Crippen MR) is 98.4 cm³/mol. The molecule has 2 atom stereocenters. The summed E-state index contributed by atoms with van der Waals surface area (Å²) in [6.07, 6.45) is 8.09. The van der Waals surface area contributed by atoms with Crippen molar-refractivity contribution in [2.45, 2.75) is 57.2 Å². The van der Waals surface area contributed by atoms with Crippen LogP contribution in [-0.2, 0) is 11.2 Å². The average Bonchev–Trinajstić information content (AvgIpc) is 3.11. The van der Waals surface area contributed by atoms with Gasteiger partial charge in [0.2, 0.25) is 0 Å². The molecular weight excluding hydrogens is 315 g/mol. The van der Waals surface area contributed by atoms with E-state index in [0.29, 0.717) is 0 Å². The van der Waals surface area contributed by atoms with E-state index in [4.69, 9.17) is 9.47 Å². The molecule has 0 amide bonds. The number of unbranched alkanes of at least 4 members (excludes halogenated alkanes) is 2. The van der Waals surface area contributed by atoms with Crippen LogP contribution >= 0.6 is 0 Å². The minimum absolute atomic E-state index is 0.0417. The number of methoxy groups -OCH3 is 1. The number of hydrogen-bond acceptors (Lipinski definition) is 2. The van der Waals surface area contributed by atoms with Crippen molar-refractivity contribution in [3.8, 4) is 5.75 Å². The molecule has 2 nitrogen and oxygen atoms in total. The maximum absolute atomic E-state index is 13.6. The van der Waals surface area contributed by atoms with Crippen LogP contribution in [0.15, 0.2) is 48.5 Å². The Morgan fingerprint density at radius 3 is 2.68 bits per heavy atom. The van der Waals surface area contributed by atoms with Crippen LogP contribution in [0.25, 0.3) is 0 Å². The van der Waals surface area contributed by atoms with E-state index in [2.05, 4.69) is 30.3 Å². The van der Waals surface area contributed by atoms with Crippen LogP contribution in [0.4, 0.5) is 4.39 Å². The molecule has 1 saturated heterocycles. The molecule has 0 N–H and O–H groups in total. The molecule has 1 unspecified atom stereocenters. The molecule has 0 spiro atoms. The van der Waals surface area contributed by atoms with Crippen molar-refractivity contribution >= 4 is 0 Å². The van der Waals surface area contributed by atoms with Crippen LogP contribution in [0.5, 0.6) is 5.75 Å². The number of benzene rings is 2. The molecule has 25 heavy (non-hydrogen) atoms. The Kier molecular flexibility index (Phi) is 6.46. The first-order valence-corrected chi connectivity index (χ1v) is 9.29. The smallest absolute Gasteiger partial charge is 0.124 e. The summed E-state index contributed by atoms with van der Waals surface area (Å²) in [5.41, 5.74) is 2.26. The van der Waals surface area contributed by atoms with Crippen LogP contribution < -0.4 is 4.74 Å². The molecular formula is C22H27FO2. The summed E-state index contributed by atoms with van der Waals surface area (Å²) < 4.78 is 25.1. The fraction of sp³-hybridized carbons (Fsp3) is 0.455. The lowest BCUT2D eigenvalue weighted by molar-refractivity contribution is 0.0372. The molecule has 1 fully saturated rings. The highest BCUT2D eigenvalue weighted by molar-refractivity contribution is 5.36. The van der Waals surface area contributed by atoms with Gasteiger partial charge in [0.1, 0.15) is 11.6 Å². The zero-order valence-corrected chi connectivity index (χ0v) is 14.9. The zero-order valence-electron chi connectivity index (χ0n) is 14.9. The van der Waals surface area contributed by atoms with E-state index in [1.54, 1.807) is 19.2 Å². The first-order valence-electron chi connectivity index (χ1n) is 9.29. The largest absolute Gasteiger partial charge is 0.496 e. The van der Waals surface area contributed by atoms with Crippen LogP contribution in [0.3, 0.4) is 0 Å². The highest BCUT2D eigenvalue weighted by atomic mass is 19.1. The Bertz CT molecular complexity index is 656. The van der Waals surface area contributed by atoms with Crippen molar-refractivity contribution < 1.29 is 13.9 Å². The highest BCUT2D eigenvalue weighted by Gasteiger charge is 2.28. The van der Waals surface area contributed by atoms with Crippen molar-refractivity contribution in [1.29, 1.82) is 0 Å². The Morgan fingerprint density at radius 2 is 1.88 bits per heavy atom. The lowest BCUT2D eigenvalue weighted by Crippen LogP contribution is -2.07. The van der Waals surface area contributed by atoms with Crippen molar-refractivity contribution in [2.24, 2.45) is 0 Å². The van der Waals surface area contributed by atoms with Gasteiger partial charge in [-0.15, -0.1) is 0 Å². The number of halogens is 1. The molecule has 1 aliphatic rings. The third-order valence-corrected chi connectivity index (χ3v) is 4.98. The molecule has 0 saturated carbocycles. The lowest BCUT2D eigenvalue weighted by Gasteiger charge is -2.16. The van der Waals surface area contributed by atoms with Gasteiger partial charge in [-0.25, -0.2) is 4.39 Å². The van der Waals surface area contributed by atoms with Crippen LogP contribution in [0.1, 0.15) is 55.8 Å². The van der Waals surface area contributed by atoms with Crippen molar-refractivity contribution in [3.63, 3.8) is 0 Å². The summed E-state index contributed by atoms with van der Waals surface area (Å²) in [7, 11) is 1.62. The van der Waals surface area contributed by atoms with Gasteiger partial charge < -0.3 is 9.47 Å². The summed E-state index contributed by atoms with van der Waals surface area (Å²) in [5.74, 6) is 0.485. The summed E-state index contributed by atoms with van der Waals surface area (Å²) in [6, 6.07) is 15.3. The lowest BCUT2D eigenvalue weighted by atomic mass is 10.0. The van der Waals surface area contributed by atoms with Crippen LogP contribution in [0.2, 0.25) is 0 Å². The third-order valence-electron chi connectivity index (χ3n) is 4.98. The minimum atomic E-state index is -0.233. The van der Waals surface area contributed by atoms with E-state index in [9.17, 15) is 4.39 Å². The van der Waals surface area contributed by atoms with Gasteiger partial charge in [-0.2, -0.15) is 0 Å². The molecule has 2 aromatic rings. The van der Waals surface area contributed by atoms with E-state index in [1.165, 1.54) is 30.9 Å². The first kappa shape index (κ1) is 17.9. The average molecular weight is 342 g/mol. The molecule has 0 aromatic heterocycles.